The van der Waals surface area contributed by atoms with Crippen LogP contribution in [0.1, 0.15) is 43.4 Å². The highest BCUT2D eigenvalue weighted by atomic mass is 16.5. The minimum Gasteiger partial charge on any atom is -0.497 e. The van der Waals surface area contributed by atoms with Gasteiger partial charge in [-0.05, 0) is 60.2 Å². The Morgan fingerprint density at radius 1 is 1.15 bits per heavy atom. The van der Waals surface area contributed by atoms with Crippen LogP contribution < -0.4 is 9.64 Å². The molecule has 1 unspecified atom stereocenters. The van der Waals surface area contributed by atoms with Gasteiger partial charge in [0.05, 0.1) is 13.2 Å². The van der Waals surface area contributed by atoms with Gasteiger partial charge in [0.25, 0.3) is 0 Å². The molecule has 0 amide bonds. The van der Waals surface area contributed by atoms with E-state index in [1.54, 1.807) is 7.11 Å². The minimum atomic E-state index is -0.164. The maximum Gasteiger partial charge on any atom is 0.160 e. The summed E-state index contributed by atoms with van der Waals surface area (Å²) in [7, 11) is 1.67. The molecule has 0 spiro atoms. The van der Waals surface area contributed by atoms with E-state index in [0.717, 1.165) is 17.0 Å². The van der Waals surface area contributed by atoms with E-state index in [1.807, 2.05) is 25.1 Å². The molecular weight excluding hydrogens is 334 g/mol. The lowest BCUT2D eigenvalue weighted by Gasteiger charge is -2.40. The molecule has 138 valence electrons. The van der Waals surface area contributed by atoms with E-state index < -0.39 is 0 Å². The van der Waals surface area contributed by atoms with Crippen molar-refractivity contribution in [1.82, 2.24) is 0 Å². The van der Waals surface area contributed by atoms with Gasteiger partial charge in [-0.25, -0.2) is 0 Å². The number of fused-ring (bicyclic) bond motifs is 1. The number of methoxy groups -OCH3 is 1. The standard InChI is InChI=1S/C24H25NO2/c1-4-23(26)16(2)24-21-8-6-5-7-18(21)15-22(17-9-10-17)25(24)19-11-13-20(27-3)14-12-19/h5-8,11-15,17,24H,2,4,9-10H2,1,3H3. The molecule has 1 heterocycles. The van der Waals surface area contributed by atoms with Crippen LogP contribution in [0.15, 0.2) is 66.4 Å². The van der Waals surface area contributed by atoms with E-state index in [-0.39, 0.29) is 11.8 Å². The summed E-state index contributed by atoms with van der Waals surface area (Å²) in [5.74, 6) is 1.49. The highest BCUT2D eigenvalue weighted by Crippen LogP contribution is 2.49. The Balaban J connectivity index is 1.87. The topological polar surface area (TPSA) is 29.5 Å². The molecule has 1 aliphatic carbocycles. The Morgan fingerprint density at radius 3 is 2.48 bits per heavy atom. The molecule has 0 radical (unpaired) electrons. The molecule has 4 rings (SSSR count). The van der Waals surface area contributed by atoms with Crippen LogP contribution in [-0.4, -0.2) is 12.9 Å². The first-order valence-corrected chi connectivity index (χ1v) is 9.59. The average molecular weight is 359 g/mol. The molecule has 1 fully saturated rings. The van der Waals surface area contributed by atoms with Crippen LogP contribution in [0.5, 0.6) is 5.75 Å². The Bertz CT molecular complexity index is 906. The zero-order valence-corrected chi connectivity index (χ0v) is 15.9. The predicted octanol–water partition coefficient (Wildman–Crippen LogP) is 5.54. The fourth-order valence-electron chi connectivity index (χ4n) is 3.87. The fourth-order valence-corrected chi connectivity index (χ4v) is 3.87. The van der Waals surface area contributed by atoms with E-state index >= 15 is 0 Å². The monoisotopic (exact) mass is 359 g/mol. The second kappa shape index (κ2) is 7.07. The largest absolute Gasteiger partial charge is 0.497 e. The third-order valence-electron chi connectivity index (χ3n) is 5.49. The van der Waals surface area contributed by atoms with E-state index in [2.05, 4.69) is 47.9 Å². The number of allylic oxidation sites excluding steroid dienone is 1. The van der Waals surface area contributed by atoms with Gasteiger partial charge in [-0.1, -0.05) is 37.8 Å². The Kier molecular flexibility index (Phi) is 4.61. The third-order valence-corrected chi connectivity index (χ3v) is 5.49. The first-order valence-electron chi connectivity index (χ1n) is 9.59. The number of ether oxygens (including phenoxy) is 1. The number of carbonyl (C=O) groups excluding carboxylic acids is 1. The molecule has 0 aromatic heterocycles. The smallest absolute Gasteiger partial charge is 0.160 e. The number of rotatable bonds is 6. The fraction of sp³-hybridized carbons (Fsp3) is 0.292. The van der Waals surface area contributed by atoms with E-state index in [4.69, 9.17) is 4.74 Å². The molecule has 2 aliphatic rings. The van der Waals surface area contributed by atoms with Crippen LogP contribution in [0.3, 0.4) is 0 Å². The number of nitrogens with zero attached hydrogens (tertiary/aromatic N) is 1. The molecule has 0 N–H and O–H groups in total. The lowest BCUT2D eigenvalue weighted by atomic mass is 9.86. The molecule has 3 nitrogen and oxygen atoms in total. The summed E-state index contributed by atoms with van der Waals surface area (Å²) in [6, 6.07) is 16.3. The van der Waals surface area contributed by atoms with Crippen LogP contribution in [0.4, 0.5) is 5.69 Å². The summed E-state index contributed by atoms with van der Waals surface area (Å²) in [5.41, 5.74) is 5.35. The average Bonchev–Trinajstić information content (AvgIpc) is 3.56. The van der Waals surface area contributed by atoms with Gasteiger partial charge in [0.1, 0.15) is 5.75 Å². The molecule has 3 heteroatoms. The van der Waals surface area contributed by atoms with Crippen molar-refractivity contribution in [2.45, 2.75) is 32.2 Å². The van der Waals surface area contributed by atoms with Crippen LogP contribution in [0.25, 0.3) is 6.08 Å². The molecule has 1 aliphatic heterocycles. The lowest BCUT2D eigenvalue weighted by Crippen LogP contribution is -2.35. The molecule has 1 atom stereocenters. The van der Waals surface area contributed by atoms with E-state index in [9.17, 15) is 4.79 Å². The first kappa shape index (κ1) is 17.6. The predicted molar refractivity (Wildman–Crippen MR) is 110 cm³/mol. The van der Waals surface area contributed by atoms with Crippen LogP contribution in [-0.2, 0) is 4.79 Å². The van der Waals surface area contributed by atoms with Gasteiger partial charge in [0.15, 0.2) is 5.78 Å². The number of carbonyl (C=O) groups is 1. The van der Waals surface area contributed by atoms with Crippen molar-refractivity contribution >= 4 is 17.5 Å². The maximum atomic E-state index is 12.6. The SMILES string of the molecule is C=C(C(=O)CC)C1c2ccccc2C=C(C2CC2)N1c1ccc(OC)cc1. The van der Waals surface area contributed by atoms with Crippen molar-refractivity contribution in [2.75, 3.05) is 12.0 Å². The molecule has 0 bridgehead atoms. The van der Waals surface area contributed by atoms with Crippen molar-refractivity contribution in [2.24, 2.45) is 5.92 Å². The third kappa shape index (κ3) is 3.18. The van der Waals surface area contributed by atoms with Crippen molar-refractivity contribution < 1.29 is 9.53 Å². The Hall–Kier alpha value is -2.81. The maximum absolute atomic E-state index is 12.6. The summed E-state index contributed by atoms with van der Waals surface area (Å²) >= 11 is 0. The van der Waals surface area contributed by atoms with Gasteiger partial charge in [0, 0.05) is 23.4 Å². The summed E-state index contributed by atoms with van der Waals surface area (Å²) in [6.45, 7) is 6.13. The highest BCUT2D eigenvalue weighted by molar-refractivity contribution is 5.97. The van der Waals surface area contributed by atoms with Crippen LogP contribution in [0.2, 0.25) is 0 Å². The van der Waals surface area contributed by atoms with E-state index in [0.29, 0.717) is 17.9 Å². The van der Waals surface area contributed by atoms with Gasteiger partial charge in [-0.2, -0.15) is 0 Å². The number of Topliss-reactive ketones (excluding diaryl/α,β-unsaturated/α-hetero) is 1. The molecule has 1 saturated carbocycles. The molecule has 2 aromatic rings. The summed E-state index contributed by atoms with van der Waals surface area (Å²) in [5, 5.41) is 0. The lowest BCUT2D eigenvalue weighted by molar-refractivity contribution is -0.115. The number of hydrogen-bond donors (Lipinski definition) is 0. The summed E-state index contributed by atoms with van der Waals surface area (Å²) in [4.78, 5) is 14.9. The quantitative estimate of drug-likeness (QED) is 0.634. The highest BCUT2D eigenvalue weighted by Gasteiger charge is 2.39. The van der Waals surface area contributed by atoms with Gasteiger partial charge in [0.2, 0.25) is 0 Å². The Morgan fingerprint density at radius 2 is 1.85 bits per heavy atom. The van der Waals surface area contributed by atoms with E-state index in [1.165, 1.54) is 24.1 Å². The van der Waals surface area contributed by atoms with Gasteiger partial charge in [-0.15, -0.1) is 0 Å². The minimum absolute atomic E-state index is 0.116. The molecule has 0 saturated heterocycles. The molecule has 27 heavy (non-hydrogen) atoms. The van der Waals surface area contributed by atoms with Crippen molar-refractivity contribution in [1.29, 1.82) is 0 Å². The van der Waals surface area contributed by atoms with Crippen LogP contribution >= 0.6 is 0 Å². The second-order valence-corrected chi connectivity index (χ2v) is 7.24. The van der Waals surface area contributed by atoms with Crippen molar-refractivity contribution in [3.05, 3.63) is 77.5 Å². The van der Waals surface area contributed by atoms with Gasteiger partial charge in [-0.3, -0.25) is 4.79 Å². The molecular formula is C24H25NO2. The zero-order chi connectivity index (χ0) is 19.0. The van der Waals surface area contributed by atoms with Gasteiger partial charge < -0.3 is 9.64 Å². The number of ketones is 1. The number of hydrogen-bond acceptors (Lipinski definition) is 3. The normalized spacial score (nSPS) is 18.5. The second-order valence-electron chi connectivity index (χ2n) is 7.24. The van der Waals surface area contributed by atoms with Crippen molar-refractivity contribution in [3.8, 4) is 5.75 Å². The van der Waals surface area contributed by atoms with Crippen LogP contribution in [0, 0.1) is 5.92 Å². The molecule has 2 aromatic carbocycles. The summed E-state index contributed by atoms with van der Waals surface area (Å²) < 4.78 is 5.32. The zero-order valence-electron chi connectivity index (χ0n) is 15.9. The number of anilines is 1. The van der Waals surface area contributed by atoms with Crippen molar-refractivity contribution in [3.63, 3.8) is 0 Å². The summed E-state index contributed by atoms with van der Waals surface area (Å²) in [6.07, 6.45) is 5.15. The van der Waals surface area contributed by atoms with Gasteiger partial charge >= 0.3 is 0 Å². The first-order chi connectivity index (χ1) is 13.1. The Labute approximate surface area is 161 Å². The number of benzene rings is 2.